The maximum absolute atomic E-state index is 11.6. The predicted molar refractivity (Wildman–Crippen MR) is 62.1 cm³/mol. The molecule has 0 amide bonds. The monoisotopic (exact) mass is 234 g/mol. The SMILES string of the molecule is CCCCS(=O)(=O)N[C@@H]1CCCC[C@H]1N. The molecule has 0 bridgehead atoms. The lowest BCUT2D eigenvalue weighted by atomic mass is 9.92. The Morgan fingerprint density at radius 2 is 2.00 bits per heavy atom. The van der Waals surface area contributed by atoms with Crippen molar-refractivity contribution >= 4 is 10.0 Å². The van der Waals surface area contributed by atoms with Crippen LogP contribution in [0.15, 0.2) is 0 Å². The number of rotatable bonds is 5. The third-order valence-corrected chi connectivity index (χ3v) is 4.40. The van der Waals surface area contributed by atoms with Crippen LogP contribution in [0.2, 0.25) is 0 Å². The van der Waals surface area contributed by atoms with Crippen LogP contribution >= 0.6 is 0 Å². The van der Waals surface area contributed by atoms with Gasteiger partial charge in [-0.2, -0.15) is 0 Å². The lowest BCUT2D eigenvalue weighted by Gasteiger charge is -2.28. The van der Waals surface area contributed by atoms with Gasteiger partial charge in [0.2, 0.25) is 10.0 Å². The van der Waals surface area contributed by atoms with Gasteiger partial charge in [0.15, 0.2) is 0 Å². The molecule has 3 N–H and O–H groups in total. The summed E-state index contributed by atoms with van der Waals surface area (Å²) in [6.45, 7) is 1.99. The highest BCUT2D eigenvalue weighted by atomic mass is 32.2. The van der Waals surface area contributed by atoms with Gasteiger partial charge < -0.3 is 5.73 Å². The van der Waals surface area contributed by atoms with Crippen molar-refractivity contribution in [3.8, 4) is 0 Å². The molecular formula is C10H22N2O2S. The van der Waals surface area contributed by atoms with Gasteiger partial charge >= 0.3 is 0 Å². The molecule has 0 aromatic rings. The number of hydrogen-bond acceptors (Lipinski definition) is 3. The van der Waals surface area contributed by atoms with E-state index in [9.17, 15) is 8.42 Å². The fourth-order valence-corrected chi connectivity index (χ4v) is 3.47. The zero-order valence-corrected chi connectivity index (χ0v) is 10.2. The van der Waals surface area contributed by atoms with Crippen molar-refractivity contribution in [3.05, 3.63) is 0 Å². The van der Waals surface area contributed by atoms with Crippen molar-refractivity contribution in [1.82, 2.24) is 4.72 Å². The topological polar surface area (TPSA) is 72.2 Å². The molecule has 0 aromatic carbocycles. The number of nitrogens with one attached hydrogen (secondary N) is 1. The Morgan fingerprint density at radius 3 is 2.60 bits per heavy atom. The molecule has 0 spiro atoms. The molecule has 0 unspecified atom stereocenters. The predicted octanol–water partition coefficient (Wildman–Crippen LogP) is 0.976. The smallest absolute Gasteiger partial charge is 0.211 e. The quantitative estimate of drug-likeness (QED) is 0.744. The summed E-state index contributed by atoms with van der Waals surface area (Å²) in [6.07, 6.45) is 5.63. The highest BCUT2D eigenvalue weighted by molar-refractivity contribution is 7.89. The lowest BCUT2D eigenvalue weighted by Crippen LogP contribution is -2.49. The molecule has 1 fully saturated rings. The van der Waals surface area contributed by atoms with Crippen molar-refractivity contribution in [2.24, 2.45) is 5.73 Å². The molecule has 0 aliphatic heterocycles. The van der Waals surface area contributed by atoms with Gasteiger partial charge in [-0.15, -0.1) is 0 Å². The maximum Gasteiger partial charge on any atom is 0.211 e. The van der Waals surface area contributed by atoms with E-state index in [-0.39, 0.29) is 17.8 Å². The fourth-order valence-electron chi connectivity index (χ4n) is 1.93. The minimum atomic E-state index is -3.11. The van der Waals surface area contributed by atoms with Crippen LogP contribution in [0.5, 0.6) is 0 Å². The van der Waals surface area contributed by atoms with E-state index in [2.05, 4.69) is 4.72 Å². The number of sulfonamides is 1. The normalized spacial score (nSPS) is 27.9. The van der Waals surface area contributed by atoms with Gasteiger partial charge in [0.25, 0.3) is 0 Å². The molecule has 0 aromatic heterocycles. The third kappa shape index (κ3) is 4.49. The Labute approximate surface area is 92.7 Å². The zero-order chi connectivity index (χ0) is 11.3. The Balaban J connectivity index is 2.44. The molecule has 1 rings (SSSR count). The second-order valence-corrected chi connectivity index (χ2v) is 6.22. The summed E-state index contributed by atoms with van der Waals surface area (Å²) < 4.78 is 26.0. The number of hydrogen-bond donors (Lipinski definition) is 2. The molecular weight excluding hydrogens is 212 g/mol. The second-order valence-electron chi connectivity index (χ2n) is 4.35. The van der Waals surface area contributed by atoms with E-state index in [1.54, 1.807) is 0 Å². The van der Waals surface area contributed by atoms with E-state index in [1.807, 2.05) is 6.92 Å². The van der Waals surface area contributed by atoms with Crippen LogP contribution in [-0.4, -0.2) is 26.3 Å². The van der Waals surface area contributed by atoms with Crippen molar-refractivity contribution in [2.45, 2.75) is 57.5 Å². The molecule has 0 radical (unpaired) electrons. The summed E-state index contributed by atoms with van der Waals surface area (Å²) in [4.78, 5) is 0. The Bertz CT molecular complexity index is 277. The first-order valence-electron chi connectivity index (χ1n) is 5.81. The van der Waals surface area contributed by atoms with Crippen LogP contribution in [0.4, 0.5) is 0 Å². The number of unbranched alkanes of at least 4 members (excludes halogenated alkanes) is 1. The summed E-state index contributed by atoms with van der Waals surface area (Å²) in [7, 11) is -3.11. The Hall–Kier alpha value is -0.130. The van der Waals surface area contributed by atoms with Gasteiger partial charge in [-0.1, -0.05) is 26.2 Å². The van der Waals surface area contributed by atoms with Gasteiger partial charge in [0.05, 0.1) is 5.75 Å². The van der Waals surface area contributed by atoms with E-state index in [4.69, 9.17) is 5.73 Å². The minimum absolute atomic E-state index is 0.00449. The second kappa shape index (κ2) is 5.82. The van der Waals surface area contributed by atoms with Crippen LogP contribution < -0.4 is 10.5 Å². The minimum Gasteiger partial charge on any atom is -0.326 e. The number of nitrogens with two attached hydrogens (primary N) is 1. The van der Waals surface area contributed by atoms with E-state index in [0.717, 1.165) is 38.5 Å². The highest BCUT2D eigenvalue weighted by Crippen LogP contribution is 2.17. The summed E-state index contributed by atoms with van der Waals surface area (Å²) in [6, 6.07) is -0.0456. The van der Waals surface area contributed by atoms with Crippen molar-refractivity contribution in [1.29, 1.82) is 0 Å². The highest BCUT2D eigenvalue weighted by Gasteiger charge is 2.25. The van der Waals surface area contributed by atoms with E-state index >= 15 is 0 Å². The van der Waals surface area contributed by atoms with Gasteiger partial charge in [-0.3, -0.25) is 0 Å². The van der Waals surface area contributed by atoms with Crippen molar-refractivity contribution < 1.29 is 8.42 Å². The molecule has 90 valence electrons. The van der Waals surface area contributed by atoms with Crippen LogP contribution in [-0.2, 0) is 10.0 Å². The first-order valence-corrected chi connectivity index (χ1v) is 7.46. The van der Waals surface area contributed by atoms with Crippen LogP contribution in [0.25, 0.3) is 0 Å². The van der Waals surface area contributed by atoms with E-state index < -0.39 is 10.0 Å². The van der Waals surface area contributed by atoms with Crippen LogP contribution in [0.1, 0.15) is 45.4 Å². The van der Waals surface area contributed by atoms with Gasteiger partial charge in [-0.25, -0.2) is 13.1 Å². The molecule has 1 saturated carbocycles. The van der Waals surface area contributed by atoms with Crippen LogP contribution in [0.3, 0.4) is 0 Å². The average molecular weight is 234 g/mol. The zero-order valence-electron chi connectivity index (χ0n) is 9.41. The van der Waals surface area contributed by atoms with Crippen molar-refractivity contribution in [2.75, 3.05) is 5.75 Å². The molecule has 1 aliphatic rings. The van der Waals surface area contributed by atoms with Crippen molar-refractivity contribution in [3.63, 3.8) is 0 Å². The summed E-state index contributed by atoms with van der Waals surface area (Å²) >= 11 is 0. The molecule has 15 heavy (non-hydrogen) atoms. The molecule has 0 saturated heterocycles. The first-order chi connectivity index (χ1) is 7.05. The molecule has 4 nitrogen and oxygen atoms in total. The standard InChI is InChI=1S/C10H22N2O2S/c1-2-3-8-15(13,14)12-10-7-5-4-6-9(10)11/h9-10,12H,2-8,11H2,1H3/t9-,10-/m1/s1. The Kier molecular flexibility index (Phi) is 5.02. The average Bonchev–Trinajstić information content (AvgIpc) is 2.18. The summed E-state index contributed by atoms with van der Waals surface area (Å²) in [5.41, 5.74) is 5.89. The largest absolute Gasteiger partial charge is 0.326 e. The van der Waals surface area contributed by atoms with Gasteiger partial charge in [0, 0.05) is 12.1 Å². The third-order valence-electron chi connectivity index (χ3n) is 2.92. The summed E-state index contributed by atoms with van der Waals surface area (Å²) in [5, 5.41) is 0. The molecule has 1 aliphatic carbocycles. The van der Waals surface area contributed by atoms with Gasteiger partial charge in [0.1, 0.15) is 0 Å². The van der Waals surface area contributed by atoms with E-state index in [0.29, 0.717) is 0 Å². The maximum atomic E-state index is 11.6. The van der Waals surface area contributed by atoms with Gasteiger partial charge in [-0.05, 0) is 19.3 Å². The van der Waals surface area contributed by atoms with E-state index in [1.165, 1.54) is 0 Å². The molecule has 2 atom stereocenters. The fraction of sp³-hybridized carbons (Fsp3) is 1.00. The summed E-state index contributed by atoms with van der Waals surface area (Å²) in [5.74, 6) is 0.229. The molecule has 0 heterocycles. The van der Waals surface area contributed by atoms with Crippen LogP contribution in [0, 0.1) is 0 Å². The first kappa shape index (κ1) is 12.9. The Morgan fingerprint density at radius 1 is 1.33 bits per heavy atom. The lowest BCUT2D eigenvalue weighted by molar-refractivity contribution is 0.361. The molecule has 5 heteroatoms.